The second-order valence-electron chi connectivity index (χ2n) is 7.44. The predicted octanol–water partition coefficient (Wildman–Crippen LogP) is 3.43. The van der Waals surface area contributed by atoms with Crippen LogP contribution in [-0.2, 0) is 11.3 Å². The maximum Gasteiger partial charge on any atom is 0.226 e. The highest BCUT2D eigenvalue weighted by Crippen LogP contribution is 2.49. The Morgan fingerprint density at radius 2 is 2.16 bits per heavy atom. The number of nitrogens with zero attached hydrogens (tertiary/aromatic N) is 3. The van der Waals surface area contributed by atoms with Gasteiger partial charge in [0.25, 0.3) is 0 Å². The van der Waals surface area contributed by atoms with Gasteiger partial charge in [0.05, 0.1) is 18.3 Å². The summed E-state index contributed by atoms with van der Waals surface area (Å²) in [4.78, 5) is 15.0. The molecular weight excluding hydrogens is 317 g/mol. The zero-order valence-corrected chi connectivity index (χ0v) is 14.8. The molecule has 0 bridgehead atoms. The summed E-state index contributed by atoms with van der Waals surface area (Å²) in [7, 11) is 0. The molecule has 1 amide bonds. The zero-order chi connectivity index (χ0) is 17.6. The van der Waals surface area contributed by atoms with E-state index in [2.05, 4.69) is 18.1 Å². The molecular formula is C20H24FN3O. The van der Waals surface area contributed by atoms with Gasteiger partial charge in [0.2, 0.25) is 5.91 Å². The van der Waals surface area contributed by atoms with E-state index in [-0.39, 0.29) is 29.6 Å². The third-order valence-electron chi connectivity index (χ3n) is 5.53. The van der Waals surface area contributed by atoms with Gasteiger partial charge in [-0.1, -0.05) is 12.1 Å². The number of amides is 1. The molecule has 0 N–H and O–H groups in total. The molecule has 1 aromatic carbocycles. The van der Waals surface area contributed by atoms with Gasteiger partial charge in [0.1, 0.15) is 5.82 Å². The number of carbonyl (C=O) groups excluding carboxylic acids is 1. The molecule has 1 aromatic heterocycles. The molecule has 2 fully saturated rings. The number of benzene rings is 1. The molecule has 0 radical (unpaired) electrons. The maximum absolute atomic E-state index is 13.4. The zero-order valence-electron chi connectivity index (χ0n) is 14.8. The Labute approximate surface area is 147 Å². The van der Waals surface area contributed by atoms with Gasteiger partial charge in [-0.3, -0.25) is 9.48 Å². The molecule has 25 heavy (non-hydrogen) atoms. The maximum atomic E-state index is 13.4. The Hall–Kier alpha value is -2.17. The number of aryl methyl sites for hydroxylation is 2. The first kappa shape index (κ1) is 16.3. The Bertz CT molecular complexity index is 800. The highest BCUT2D eigenvalue weighted by atomic mass is 19.1. The minimum absolute atomic E-state index is 0.0165. The van der Waals surface area contributed by atoms with Gasteiger partial charge in [-0.15, -0.1) is 0 Å². The Balaban J connectivity index is 1.44. The summed E-state index contributed by atoms with van der Waals surface area (Å²) in [5.41, 5.74) is 3.11. The van der Waals surface area contributed by atoms with Crippen LogP contribution in [0.4, 0.5) is 4.39 Å². The first-order valence-corrected chi connectivity index (χ1v) is 9.10. The minimum Gasteiger partial charge on any atom is -0.338 e. The number of aromatic nitrogens is 2. The van der Waals surface area contributed by atoms with Gasteiger partial charge >= 0.3 is 0 Å². The Morgan fingerprint density at radius 1 is 1.32 bits per heavy atom. The molecule has 2 aromatic rings. The van der Waals surface area contributed by atoms with E-state index >= 15 is 0 Å². The molecule has 2 heterocycles. The van der Waals surface area contributed by atoms with E-state index in [0.29, 0.717) is 0 Å². The lowest BCUT2D eigenvalue weighted by atomic mass is 10.1. The number of halogens is 1. The second-order valence-corrected chi connectivity index (χ2v) is 7.44. The average molecular weight is 341 g/mol. The summed E-state index contributed by atoms with van der Waals surface area (Å²) in [5, 5.41) is 4.54. The van der Waals surface area contributed by atoms with Crippen LogP contribution in [0.15, 0.2) is 30.3 Å². The first-order chi connectivity index (χ1) is 12.0. The van der Waals surface area contributed by atoms with Gasteiger partial charge < -0.3 is 4.90 Å². The summed E-state index contributed by atoms with van der Waals surface area (Å²) < 4.78 is 15.4. The van der Waals surface area contributed by atoms with Crippen LogP contribution in [0, 0.1) is 25.6 Å². The van der Waals surface area contributed by atoms with Crippen molar-refractivity contribution in [2.45, 2.75) is 51.6 Å². The molecule has 3 atom stereocenters. The monoisotopic (exact) mass is 341 g/mol. The first-order valence-electron chi connectivity index (χ1n) is 9.10. The number of carbonyl (C=O) groups is 1. The van der Waals surface area contributed by atoms with Crippen LogP contribution >= 0.6 is 0 Å². The fourth-order valence-corrected chi connectivity index (χ4v) is 4.16. The van der Waals surface area contributed by atoms with Crippen molar-refractivity contribution in [1.29, 1.82) is 0 Å². The third-order valence-corrected chi connectivity index (χ3v) is 5.53. The summed E-state index contributed by atoms with van der Waals surface area (Å²) >= 11 is 0. The smallest absolute Gasteiger partial charge is 0.226 e. The summed E-state index contributed by atoms with van der Waals surface area (Å²) in [6, 6.07) is 8.97. The summed E-state index contributed by atoms with van der Waals surface area (Å²) in [5.74, 6) is 0.207. The van der Waals surface area contributed by atoms with Crippen molar-refractivity contribution in [2.75, 3.05) is 6.54 Å². The quantitative estimate of drug-likeness (QED) is 0.854. The molecule has 1 saturated heterocycles. The minimum atomic E-state index is -0.223. The number of rotatable bonds is 4. The lowest BCUT2D eigenvalue weighted by Gasteiger charge is -2.25. The van der Waals surface area contributed by atoms with Gasteiger partial charge in [0, 0.05) is 18.2 Å². The molecule has 0 unspecified atom stereocenters. The van der Waals surface area contributed by atoms with E-state index in [4.69, 9.17) is 0 Å². The molecule has 132 valence electrons. The molecule has 1 aliphatic carbocycles. The van der Waals surface area contributed by atoms with E-state index in [9.17, 15) is 9.18 Å². The van der Waals surface area contributed by atoms with Crippen molar-refractivity contribution in [1.82, 2.24) is 14.7 Å². The van der Waals surface area contributed by atoms with Gasteiger partial charge in [-0.25, -0.2) is 4.39 Å². The SMILES string of the molecule is Cc1cc(C)n(C[C@@H]2CCCN2C(=O)[C@@H]2C[C@H]2c2cccc(F)c2)n1. The number of likely N-dealkylation sites (tertiary alicyclic amines) is 1. The molecule has 1 aliphatic heterocycles. The van der Waals surface area contributed by atoms with E-state index in [1.165, 1.54) is 6.07 Å². The highest BCUT2D eigenvalue weighted by Gasteiger charge is 2.47. The van der Waals surface area contributed by atoms with E-state index in [1.54, 1.807) is 12.1 Å². The average Bonchev–Trinajstić information content (AvgIpc) is 3.14. The van der Waals surface area contributed by atoms with Crippen molar-refractivity contribution in [3.8, 4) is 0 Å². The van der Waals surface area contributed by atoms with Crippen LogP contribution in [0.5, 0.6) is 0 Å². The number of hydrogen-bond donors (Lipinski definition) is 0. The summed E-state index contributed by atoms with van der Waals surface area (Å²) in [6.45, 7) is 5.65. The van der Waals surface area contributed by atoms with Gasteiger partial charge in [-0.2, -0.15) is 5.10 Å². The van der Waals surface area contributed by atoms with Gasteiger partial charge in [0.15, 0.2) is 0 Å². The predicted molar refractivity (Wildman–Crippen MR) is 93.7 cm³/mol. The fourth-order valence-electron chi connectivity index (χ4n) is 4.16. The summed E-state index contributed by atoms with van der Waals surface area (Å²) in [6.07, 6.45) is 2.92. The van der Waals surface area contributed by atoms with Crippen LogP contribution < -0.4 is 0 Å². The Kier molecular flexibility index (Phi) is 4.10. The lowest BCUT2D eigenvalue weighted by molar-refractivity contribution is -0.133. The molecule has 4 nitrogen and oxygen atoms in total. The molecule has 2 aliphatic rings. The molecule has 1 saturated carbocycles. The van der Waals surface area contributed by atoms with E-state index in [0.717, 1.165) is 49.3 Å². The van der Waals surface area contributed by atoms with Crippen molar-refractivity contribution in [2.24, 2.45) is 5.92 Å². The lowest BCUT2D eigenvalue weighted by Crippen LogP contribution is -2.39. The molecule has 5 heteroatoms. The van der Waals surface area contributed by atoms with Crippen LogP contribution in [0.25, 0.3) is 0 Å². The molecule has 0 spiro atoms. The number of hydrogen-bond acceptors (Lipinski definition) is 2. The van der Waals surface area contributed by atoms with Crippen molar-refractivity contribution >= 4 is 5.91 Å². The topological polar surface area (TPSA) is 38.1 Å². The standard InChI is InChI=1S/C20H24FN3O/c1-13-9-14(2)24(22-13)12-17-7-4-8-23(17)20(25)19-11-18(19)15-5-3-6-16(21)10-15/h3,5-6,9-10,17-19H,4,7-8,11-12H2,1-2H3/t17-,18-,19+/m0/s1. The van der Waals surface area contributed by atoms with Crippen LogP contribution in [0.1, 0.15) is 42.1 Å². The van der Waals surface area contributed by atoms with E-state index < -0.39 is 0 Å². The normalized spacial score (nSPS) is 25.4. The van der Waals surface area contributed by atoms with Crippen molar-refractivity contribution in [3.63, 3.8) is 0 Å². The molecule has 4 rings (SSSR count). The Morgan fingerprint density at radius 3 is 2.88 bits per heavy atom. The van der Waals surface area contributed by atoms with Crippen molar-refractivity contribution < 1.29 is 9.18 Å². The van der Waals surface area contributed by atoms with Crippen LogP contribution in [-0.4, -0.2) is 33.2 Å². The van der Waals surface area contributed by atoms with Crippen LogP contribution in [0.3, 0.4) is 0 Å². The van der Waals surface area contributed by atoms with Crippen LogP contribution in [0.2, 0.25) is 0 Å². The van der Waals surface area contributed by atoms with Crippen molar-refractivity contribution in [3.05, 3.63) is 53.1 Å². The second kappa shape index (κ2) is 6.28. The highest BCUT2D eigenvalue weighted by molar-refractivity contribution is 5.83. The largest absolute Gasteiger partial charge is 0.338 e. The third kappa shape index (κ3) is 3.20. The fraction of sp³-hybridized carbons (Fsp3) is 0.500. The van der Waals surface area contributed by atoms with E-state index in [1.807, 2.05) is 22.6 Å². The van der Waals surface area contributed by atoms with Gasteiger partial charge in [-0.05, 0) is 62.8 Å².